The highest BCUT2D eigenvalue weighted by Gasteiger charge is 2.02. The van der Waals surface area contributed by atoms with E-state index < -0.39 is 0 Å². The van der Waals surface area contributed by atoms with Crippen molar-refractivity contribution in [2.45, 2.75) is 13.1 Å². The molecule has 0 aliphatic rings. The first-order valence-electron chi connectivity index (χ1n) is 5.03. The zero-order valence-corrected chi connectivity index (χ0v) is 9.13. The van der Waals surface area contributed by atoms with Gasteiger partial charge < -0.3 is 15.0 Å². The van der Waals surface area contributed by atoms with E-state index >= 15 is 0 Å². The van der Waals surface area contributed by atoms with Gasteiger partial charge in [0.15, 0.2) is 0 Å². The molecule has 0 saturated carbocycles. The number of aromatic nitrogens is 3. The van der Waals surface area contributed by atoms with Gasteiger partial charge in [-0.3, -0.25) is 0 Å². The van der Waals surface area contributed by atoms with Crippen LogP contribution in [0.4, 0.5) is 0 Å². The molecule has 0 amide bonds. The van der Waals surface area contributed by atoms with Crippen LogP contribution in [0, 0.1) is 0 Å². The number of hydrogen-bond acceptors (Lipinski definition) is 4. The molecule has 16 heavy (non-hydrogen) atoms. The average Bonchev–Trinajstić information content (AvgIpc) is 2.77. The van der Waals surface area contributed by atoms with Gasteiger partial charge in [0.05, 0.1) is 20.2 Å². The van der Waals surface area contributed by atoms with Crippen LogP contribution in [0.3, 0.4) is 0 Å². The lowest BCUT2D eigenvalue weighted by Crippen LogP contribution is -2.08. The second kappa shape index (κ2) is 4.76. The molecule has 0 atom stereocenters. The van der Waals surface area contributed by atoms with Gasteiger partial charge in [-0.15, -0.1) is 10.2 Å². The molecular formula is C11H14N4O. The summed E-state index contributed by atoms with van der Waals surface area (Å²) in [5.74, 6) is 1.64. The smallest absolute Gasteiger partial charge is 0.146 e. The topological polar surface area (TPSA) is 66.0 Å². The molecule has 0 aliphatic carbocycles. The van der Waals surface area contributed by atoms with E-state index in [0.717, 1.165) is 23.7 Å². The summed E-state index contributed by atoms with van der Waals surface area (Å²) in [5, 5.41) is 7.76. The molecule has 0 aliphatic heterocycles. The maximum Gasteiger partial charge on any atom is 0.146 e. The third-order valence-corrected chi connectivity index (χ3v) is 2.39. The Hall–Kier alpha value is -1.88. The maximum atomic E-state index is 5.55. The van der Waals surface area contributed by atoms with Gasteiger partial charge in [0, 0.05) is 0 Å². The SMILES string of the molecule is COc1ccc(Cn2cnnc2CN)cc1. The molecule has 2 rings (SSSR count). The molecule has 1 heterocycles. The summed E-state index contributed by atoms with van der Waals surface area (Å²) in [4.78, 5) is 0. The van der Waals surface area contributed by atoms with Crippen LogP contribution in [0.5, 0.6) is 5.75 Å². The van der Waals surface area contributed by atoms with E-state index in [4.69, 9.17) is 10.5 Å². The van der Waals surface area contributed by atoms with Crippen molar-refractivity contribution >= 4 is 0 Å². The zero-order valence-electron chi connectivity index (χ0n) is 9.13. The maximum absolute atomic E-state index is 5.55. The van der Waals surface area contributed by atoms with Crippen LogP contribution in [0.25, 0.3) is 0 Å². The second-order valence-electron chi connectivity index (χ2n) is 3.43. The quantitative estimate of drug-likeness (QED) is 0.824. The molecule has 2 N–H and O–H groups in total. The minimum absolute atomic E-state index is 0.399. The highest BCUT2D eigenvalue weighted by atomic mass is 16.5. The highest BCUT2D eigenvalue weighted by Crippen LogP contribution is 2.12. The van der Waals surface area contributed by atoms with Crippen molar-refractivity contribution in [3.8, 4) is 5.75 Å². The van der Waals surface area contributed by atoms with Crippen molar-refractivity contribution in [3.05, 3.63) is 42.0 Å². The summed E-state index contributed by atoms with van der Waals surface area (Å²) in [6.07, 6.45) is 1.69. The second-order valence-corrected chi connectivity index (χ2v) is 3.43. The molecule has 0 saturated heterocycles. The molecule has 0 unspecified atom stereocenters. The number of hydrogen-bond donors (Lipinski definition) is 1. The lowest BCUT2D eigenvalue weighted by Gasteiger charge is -2.06. The lowest BCUT2D eigenvalue weighted by molar-refractivity contribution is 0.414. The molecule has 2 aromatic rings. The van der Waals surface area contributed by atoms with Gasteiger partial charge in [-0.2, -0.15) is 0 Å². The van der Waals surface area contributed by atoms with Crippen LogP contribution in [0.15, 0.2) is 30.6 Å². The van der Waals surface area contributed by atoms with Gasteiger partial charge in [-0.25, -0.2) is 0 Å². The van der Waals surface area contributed by atoms with E-state index in [1.54, 1.807) is 13.4 Å². The van der Waals surface area contributed by atoms with E-state index in [1.165, 1.54) is 0 Å². The summed E-state index contributed by atoms with van der Waals surface area (Å²) in [5.41, 5.74) is 6.71. The Balaban J connectivity index is 2.14. The summed E-state index contributed by atoms with van der Waals surface area (Å²) in [7, 11) is 1.65. The van der Waals surface area contributed by atoms with E-state index in [-0.39, 0.29) is 0 Å². The predicted molar refractivity (Wildman–Crippen MR) is 60.0 cm³/mol. The van der Waals surface area contributed by atoms with Gasteiger partial charge in [0.25, 0.3) is 0 Å². The summed E-state index contributed by atoms with van der Waals surface area (Å²) in [6, 6.07) is 7.89. The van der Waals surface area contributed by atoms with Crippen LogP contribution in [0.2, 0.25) is 0 Å². The zero-order chi connectivity index (χ0) is 11.4. The predicted octanol–water partition coefficient (Wildman–Crippen LogP) is 0.794. The fourth-order valence-corrected chi connectivity index (χ4v) is 1.50. The Bertz CT molecular complexity index is 449. The molecule has 5 nitrogen and oxygen atoms in total. The molecule has 5 heteroatoms. The van der Waals surface area contributed by atoms with Crippen molar-refractivity contribution in [1.29, 1.82) is 0 Å². The summed E-state index contributed by atoms with van der Waals surface area (Å²) < 4.78 is 7.03. The van der Waals surface area contributed by atoms with E-state index in [1.807, 2.05) is 28.8 Å². The number of ether oxygens (including phenoxy) is 1. The Morgan fingerprint density at radius 1 is 1.31 bits per heavy atom. The Labute approximate surface area is 93.9 Å². The minimum atomic E-state index is 0.399. The monoisotopic (exact) mass is 218 g/mol. The number of nitrogens with two attached hydrogens (primary N) is 1. The van der Waals surface area contributed by atoms with Gasteiger partial charge in [0.2, 0.25) is 0 Å². The van der Waals surface area contributed by atoms with E-state index in [0.29, 0.717) is 6.54 Å². The molecular weight excluding hydrogens is 204 g/mol. The van der Waals surface area contributed by atoms with Gasteiger partial charge in [-0.1, -0.05) is 12.1 Å². The number of methoxy groups -OCH3 is 1. The van der Waals surface area contributed by atoms with Crippen molar-refractivity contribution in [1.82, 2.24) is 14.8 Å². The largest absolute Gasteiger partial charge is 0.497 e. The number of nitrogens with zero attached hydrogens (tertiary/aromatic N) is 3. The first kappa shape index (κ1) is 10.6. The Morgan fingerprint density at radius 2 is 2.06 bits per heavy atom. The molecule has 0 radical (unpaired) electrons. The van der Waals surface area contributed by atoms with Crippen LogP contribution in [-0.4, -0.2) is 21.9 Å². The van der Waals surface area contributed by atoms with Crippen LogP contribution < -0.4 is 10.5 Å². The molecule has 84 valence electrons. The van der Waals surface area contributed by atoms with Crippen molar-refractivity contribution in [2.24, 2.45) is 5.73 Å². The first-order chi connectivity index (χ1) is 7.83. The fourth-order valence-electron chi connectivity index (χ4n) is 1.50. The van der Waals surface area contributed by atoms with Gasteiger partial charge >= 0.3 is 0 Å². The summed E-state index contributed by atoms with van der Waals surface area (Å²) >= 11 is 0. The minimum Gasteiger partial charge on any atom is -0.497 e. The van der Waals surface area contributed by atoms with Crippen LogP contribution >= 0.6 is 0 Å². The highest BCUT2D eigenvalue weighted by molar-refractivity contribution is 5.27. The van der Waals surface area contributed by atoms with Gasteiger partial charge in [-0.05, 0) is 17.7 Å². The third kappa shape index (κ3) is 2.20. The molecule has 1 aromatic heterocycles. The van der Waals surface area contributed by atoms with Gasteiger partial charge in [0.1, 0.15) is 17.9 Å². The molecule has 1 aromatic carbocycles. The normalized spacial score (nSPS) is 10.4. The van der Waals surface area contributed by atoms with E-state index in [2.05, 4.69) is 10.2 Å². The van der Waals surface area contributed by atoms with Crippen molar-refractivity contribution in [2.75, 3.05) is 7.11 Å². The molecule has 0 bridgehead atoms. The average molecular weight is 218 g/mol. The van der Waals surface area contributed by atoms with Crippen molar-refractivity contribution in [3.63, 3.8) is 0 Å². The van der Waals surface area contributed by atoms with Crippen LogP contribution in [0.1, 0.15) is 11.4 Å². The number of rotatable bonds is 4. The van der Waals surface area contributed by atoms with Crippen molar-refractivity contribution < 1.29 is 4.74 Å². The van der Waals surface area contributed by atoms with E-state index in [9.17, 15) is 0 Å². The fraction of sp³-hybridized carbons (Fsp3) is 0.273. The summed E-state index contributed by atoms with van der Waals surface area (Å²) in [6.45, 7) is 1.12. The first-order valence-corrected chi connectivity index (χ1v) is 5.03. The third-order valence-electron chi connectivity index (χ3n) is 2.39. The lowest BCUT2D eigenvalue weighted by atomic mass is 10.2. The number of benzene rings is 1. The molecule has 0 spiro atoms. The van der Waals surface area contributed by atoms with Crippen LogP contribution in [-0.2, 0) is 13.1 Å². The molecule has 0 fully saturated rings. The standard InChI is InChI=1S/C11H14N4O/c1-16-10-4-2-9(3-5-10)7-15-8-13-14-11(15)6-12/h2-5,8H,6-7,12H2,1H3. The Morgan fingerprint density at radius 3 is 2.69 bits per heavy atom. The Kier molecular flexibility index (Phi) is 3.16.